The molecule has 0 radical (unpaired) electrons. The predicted octanol–water partition coefficient (Wildman–Crippen LogP) is 2.87. The monoisotopic (exact) mass is 370 g/mol. The summed E-state index contributed by atoms with van der Waals surface area (Å²) in [6.07, 6.45) is -3.85. The lowest BCUT2D eigenvalue weighted by atomic mass is 10.0. The van der Waals surface area contributed by atoms with Crippen LogP contribution in [-0.2, 0) is 11.0 Å². The van der Waals surface area contributed by atoms with Gasteiger partial charge in [-0.05, 0) is 5.56 Å². The molecule has 0 bridgehead atoms. The summed E-state index contributed by atoms with van der Waals surface area (Å²) in [6, 6.07) is 7.15. The normalized spacial score (nSPS) is 18.0. The Balaban J connectivity index is 1.79. The van der Waals surface area contributed by atoms with Crippen LogP contribution in [0.3, 0.4) is 0 Å². The Morgan fingerprint density at radius 1 is 1.32 bits per heavy atom. The zero-order valence-electron chi connectivity index (χ0n) is 12.7. The van der Waals surface area contributed by atoms with Crippen LogP contribution >= 0.6 is 11.3 Å². The van der Waals surface area contributed by atoms with E-state index in [0.717, 1.165) is 0 Å². The second kappa shape index (κ2) is 6.71. The number of alkyl halides is 3. The Bertz CT molecular complexity index is 779. The number of amides is 3. The molecule has 0 aliphatic carbocycles. The maximum absolute atomic E-state index is 12.6. The van der Waals surface area contributed by atoms with Crippen molar-refractivity contribution in [2.45, 2.75) is 12.2 Å². The van der Waals surface area contributed by atoms with Crippen LogP contribution in [0.5, 0.6) is 0 Å². The summed E-state index contributed by atoms with van der Waals surface area (Å²) in [4.78, 5) is 28.6. The van der Waals surface area contributed by atoms with Crippen molar-refractivity contribution >= 4 is 28.4 Å². The average Bonchev–Trinajstić information content (AvgIpc) is 3.04. The second-order valence-electron chi connectivity index (χ2n) is 5.26. The molecule has 1 saturated heterocycles. The van der Waals surface area contributed by atoms with Crippen molar-refractivity contribution in [2.24, 2.45) is 0 Å². The minimum absolute atomic E-state index is 0.171. The van der Waals surface area contributed by atoms with Crippen LogP contribution in [0.2, 0.25) is 0 Å². The first-order chi connectivity index (χ1) is 11.9. The zero-order chi connectivity index (χ0) is 18.0. The van der Waals surface area contributed by atoms with E-state index in [-0.39, 0.29) is 24.1 Å². The van der Waals surface area contributed by atoms with Crippen LogP contribution in [0.4, 0.5) is 23.1 Å². The molecule has 1 atom stereocenters. The molecule has 2 aromatic rings. The standard InChI is InChI=1S/C15H13F3N4O2S/c16-15(17,18)10-8-20-13(25-10)21-14(24)22-7-6-19-12(23)11(22)9-4-2-1-3-5-9/h1-5,8,11H,6-7H2,(H,19,23)(H,20,21,24). The lowest BCUT2D eigenvalue weighted by Gasteiger charge is -2.34. The number of anilines is 1. The van der Waals surface area contributed by atoms with Crippen molar-refractivity contribution in [2.75, 3.05) is 18.4 Å². The van der Waals surface area contributed by atoms with Crippen molar-refractivity contribution in [3.8, 4) is 0 Å². The van der Waals surface area contributed by atoms with Gasteiger partial charge in [-0.15, -0.1) is 0 Å². The molecule has 1 aliphatic rings. The van der Waals surface area contributed by atoms with E-state index in [2.05, 4.69) is 15.6 Å². The average molecular weight is 370 g/mol. The lowest BCUT2D eigenvalue weighted by Crippen LogP contribution is -2.53. The van der Waals surface area contributed by atoms with E-state index in [1.807, 2.05) is 0 Å². The number of thiazole rings is 1. The van der Waals surface area contributed by atoms with Crippen LogP contribution in [-0.4, -0.2) is 34.9 Å². The largest absolute Gasteiger partial charge is 0.427 e. The molecule has 3 amide bonds. The molecule has 2 N–H and O–H groups in total. The maximum Gasteiger partial charge on any atom is 0.427 e. The lowest BCUT2D eigenvalue weighted by molar-refractivity contribution is -0.134. The maximum atomic E-state index is 12.6. The Morgan fingerprint density at radius 3 is 2.68 bits per heavy atom. The van der Waals surface area contributed by atoms with Gasteiger partial charge in [0.25, 0.3) is 0 Å². The van der Waals surface area contributed by atoms with Gasteiger partial charge in [0.2, 0.25) is 5.91 Å². The fourth-order valence-electron chi connectivity index (χ4n) is 2.48. The number of nitrogens with one attached hydrogen (secondary N) is 2. The number of carbonyl (C=O) groups excluding carboxylic acids is 2. The van der Waals surface area contributed by atoms with Gasteiger partial charge in [0.15, 0.2) is 5.13 Å². The topological polar surface area (TPSA) is 74.3 Å². The molecule has 1 aromatic carbocycles. The van der Waals surface area contributed by atoms with Gasteiger partial charge in [-0.25, -0.2) is 9.78 Å². The van der Waals surface area contributed by atoms with Gasteiger partial charge in [-0.2, -0.15) is 13.2 Å². The highest BCUT2D eigenvalue weighted by atomic mass is 32.1. The van der Waals surface area contributed by atoms with Crippen LogP contribution in [0, 0.1) is 0 Å². The molecular formula is C15H13F3N4O2S. The van der Waals surface area contributed by atoms with E-state index in [1.165, 1.54) is 4.90 Å². The quantitative estimate of drug-likeness (QED) is 0.854. The summed E-state index contributed by atoms with van der Waals surface area (Å²) in [5, 5.41) is 4.85. The Kier molecular flexibility index (Phi) is 4.62. The summed E-state index contributed by atoms with van der Waals surface area (Å²) in [5.74, 6) is -0.345. The van der Waals surface area contributed by atoms with E-state index in [9.17, 15) is 22.8 Å². The molecule has 1 aromatic heterocycles. The highest BCUT2D eigenvalue weighted by Gasteiger charge is 2.36. The molecule has 25 heavy (non-hydrogen) atoms. The van der Waals surface area contributed by atoms with Crippen molar-refractivity contribution in [1.82, 2.24) is 15.2 Å². The van der Waals surface area contributed by atoms with Crippen molar-refractivity contribution < 1.29 is 22.8 Å². The third-order valence-electron chi connectivity index (χ3n) is 3.59. The number of piperazine rings is 1. The summed E-state index contributed by atoms with van der Waals surface area (Å²) in [6.45, 7) is 0.496. The van der Waals surface area contributed by atoms with Gasteiger partial charge in [0.05, 0.1) is 6.20 Å². The number of aromatic nitrogens is 1. The van der Waals surface area contributed by atoms with E-state index >= 15 is 0 Å². The van der Waals surface area contributed by atoms with E-state index in [4.69, 9.17) is 0 Å². The first kappa shape index (κ1) is 17.2. The summed E-state index contributed by atoms with van der Waals surface area (Å²) in [5.41, 5.74) is 0.616. The Morgan fingerprint density at radius 2 is 2.04 bits per heavy atom. The molecule has 1 fully saturated rings. The minimum Gasteiger partial charge on any atom is -0.352 e. The summed E-state index contributed by atoms with van der Waals surface area (Å²) in [7, 11) is 0. The third kappa shape index (κ3) is 3.73. The van der Waals surface area contributed by atoms with Crippen LogP contribution in [0.15, 0.2) is 36.5 Å². The van der Waals surface area contributed by atoms with Crippen LogP contribution < -0.4 is 10.6 Å². The first-order valence-corrected chi connectivity index (χ1v) is 8.11. The molecule has 6 nitrogen and oxygen atoms in total. The Labute approximate surface area is 144 Å². The SMILES string of the molecule is O=C1NCCN(C(=O)Nc2ncc(C(F)(F)F)s2)C1c1ccccc1. The first-order valence-electron chi connectivity index (χ1n) is 7.29. The zero-order valence-corrected chi connectivity index (χ0v) is 13.5. The highest BCUT2D eigenvalue weighted by molar-refractivity contribution is 7.15. The van der Waals surface area contributed by atoms with Gasteiger partial charge in [0, 0.05) is 13.1 Å². The van der Waals surface area contributed by atoms with Crippen molar-refractivity contribution in [3.63, 3.8) is 0 Å². The van der Waals surface area contributed by atoms with Gasteiger partial charge in [0.1, 0.15) is 10.9 Å². The van der Waals surface area contributed by atoms with Crippen molar-refractivity contribution in [3.05, 3.63) is 47.0 Å². The number of carbonyl (C=O) groups is 2. The van der Waals surface area contributed by atoms with Gasteiger partial charge >= 0.3 is 12.2 Å². The molecule has 132 valence electrons. The van der Waals surface area contributed by atoms with Crippen molar-refractivity contribution in [1.29, 1.82) is 0 Å². The molecule has 3 rings (SSSR count). The number of hydrogen-bond donors (Lipinski definition) is 2. The molecule has 1 aliphatic heterocycles. The minimum atomic E-state index is -4.52. The number of urea groups is 1. The number of hydrogen-bond acceptors (Lipinski definition) is 4. The number of rotatable bonds is 2. The predicted molar refractivity (Wildman–Crippen MR) is 85.0 cm³/mol. The van der Waals surface area contributed by atoms with Crippen LogP contribution in [0.25, 0.3) is 0 Å². The molecule has 1 unspecified atom stereocenters. The molecule has 0 saturated carbocycles. The summed E-state index contributed by atoms with van der Waals surface area (Å²) >= 11 is 0.335. The fraction of sp³-hybridized carbons (Fsp3) is 0.267. The number of nitrogens with zero attached hydrogens (tertiary/aromatic N) is 2. The van der Waals surface area contributed by atoms with Gasteiger partial charge in [-0.3, -0.25) is 10.1 Å². The highest BCUT2D eigenvalue weighted by Crippen LogP contribution is 2.35. The number of halogens is 3. The molecule has 10 heteroatoms. The smallest absolute Gasteiger partial charge is 0.352 e. The third-order valence-corrected chi connectivity index (χ3v) is 4.54. The second-order valence-corrected chi connectivity index (χ2v) is 6.29. The Hall–Kier alpha value is -2.62. The van der Waals surface area contributed by atoms with E-state index in [1.54, 1.807) is 30.3 Å². The number of benzene rings is 1. The van der Waals surface area contributed by atoms with E-state index < -0.39 is 23.1 Å². The molecule has 2 heterocycles. The van der Waals surface area contributed by atoms with Gasteiger partial charge < -0.3 is 10.2 Å². The summed E-state index contributed by atoms with van der Waals surface area (Å²) < 4.78 is 37.9. The van der Waals surface area contributed by atoms with Gasteiger partial charge in [-0.1, -0.05) is 41.7 Å². The van der Waals surface area contributed by atoms with E-state index in [0.29, 0.717) is 23.1 Å². The fourth-order valence-corrected chi connectivity index (χ4v) is 3.15. The molecular weight excluding hydrogens is 357 g/mol. The van der Waals surface area contributed by atoms with Crippen LogP contribution in [0.1, 0.15) is 16.5 Å². The molecule has 0 spiro atoms.